The van der Waals surface area contributed by atoms with Crippen molar-refractivity contribution >= 4 is 11.9 Å². The fourth-order valence-electron chi connectivity index (χ4n) is 3.64. The maximum absolute atomic E-state index is 12.4. The number of rotatable bonds is 4. The molecule has 1 amide bonds. The lowest BCUT2D eigenvalue weighted by Gasteiger charge is -2.38. The standard InChI is InChI=1S/C19H25NO4/c1-13-4-3-5-14(10-13)12-19(23)6-8-20(9-7-19)17(21)15-11-16(15)18(22)24-2/h3-5,10,15-16,23H,6-9,11-12H2,1-2H3/t15-,16+/m0/s1. The van der Waals surface area contributed by atoms with E-state index in [1.165, 1.54) is 12.7 Å². The molecule has 1 heterocycles. The highest BCUT2D eigenvalue weighted by Gasteiger charge is 2.51. The Kier molecular flexibility index (Phi) is 4.63. The number of amides is 1. The summed E-state index contributed by atoms with van der Waals surface area (Å²) < 4.78 is 4.70. The van der Waals surface area contributed by atoms with Crippen LogP contribution >= 0.6 is 0 Å². The van der Waals surface area contributed by atoms with Gasteiger partial charge in [0.05, 0.1) is 24.5 Å². The van der Waals surface area contributed by atoms with E-state index < -0.39 is 5.60 Å². The highest BCUT2D eigenvalue weighted by Crippen LogP contribution is 2.41. The third-order valence-electron chi connectivity index (χ3n) is 5.23. The van der Waals surface area contributed by atoms with Crippen LogP contribution in [0, 0.1) is 18.8 Å². The molecule has 130 valence electrons. The molecule has 1 saturated carbocycles. The maximum Gasteiger partial charge on any atom is 0.309 e. The summed E-state index contributed by atoms with van der Waals surface area (Å²) in [4.78, 5) is 25.7. The molecule has 2 atom stereocenters. The third-order valence-corrected chi connectivity index (χ3v) is 5.23. The first-order chi connectivity index (χ1) is 11.4. The number of likely N-dealkylation sites (tertiary alicyclic amines) is 1. The van der Waals surface area contributed by atoms with E-state index in [0.717, 1.165) is 5.56 Å². The number of ether oxygens (including phenoxy) is 1. The highest BCUT2D eigenvalue weighted by molar-refractivity contribution is 5.90. The van der Waals surface area contributed by atoms with Crippen molar-refractivity contribution in [3.8, 4) is 0 Å². The Morgan fingerprint density at radius 2 is 2.00 bits per heavy atom. The Labute approximate surface area is 142 Å². The fourth-order valence-corrected chi connectivity index (χ4v) is 3.64. The topological polar surface area (TPSA) is 66.8 Å². The summed E-state index contributed by atoms with van der Waals surface area (Å²) in [7, 11) is 1.36. The Hall–Kier alpha value is -1.88. The molecule has 1 N–H and O–H groups in total. The average Bonchev–Trinajstić information content (AvgIpc) is 3.34. The molecular weight excluding hydrogens is 306 g/mol. The predicted molar refractivity (Wildman–Crippen MR) is 89.3 cm³/mol. The Morgan fingerprint density at radius 1 is 1.29 bits per heavy atom. The van der Waals surface area contributed by atoms with Crippen LogP contribution in [-0.2, 0) is 20.7 Å². The van der Waals surface area contributed by atoms with Gasteiger partial charge < -0.3 is 14.7 Å². The van der Waals surface area contributed by atoms with Gasteiger partial charge in [-0.05, 0) is 31.7 Å². The Bertz CT molecular complexity index is 634. The number of methoxy groups -OCH3 is 1. The first kappa shape index (κ1) is 17.0. The molecular formula is C19H25NO4. The summed E-state index contributed by atoms with van der Waals surface area (Å²) in [5.41, 5.74) is 1.56. The molecule has 0 radical (unpaired) electrons. The van der Waals surface area contributed by atoms with E-state index in [1.54, 1.807) is 4.90 Å². The molecule has 3 rings (SSSR count). The molecule has 0 bridgehead atoms. The quantitative estimate of drug-likeness (QED) is 0.853. The van der Waals surface area contributed by atoms with Gasteiger partial charge in [0.1, 0.15) is 0 Å². The predicted octanol–water partition coefficient (Wildman–Crippen LogP) is 1.70. The number of benzene rings is 1. The number of carbonyl (C=O) groups is 2. The monoisotopic (exact) mass is 331 g/mol. The fraction of sp³-hybridized carbons (Fsp3) is 0.579. The minimum Gasteiger partial charge on any atom is -0.469 e. The van der Waals surface area contributed by atoms with E-state index in [9.17, 15) is 14.7 Å². The zero-order valence-corrected chi connectivity index (χ0v) is 14.3. The van der Waals surface area contributed by atoms with Crippen LogP contribution in [-0.4, -0.2) is 47.7 Å². The van der Waals surface area contributed by atoms with Crippen molar-refractivity contribution in [3.05, 3.63) is 35.4 Å². The third kappa shape index (κ3) is 3.61. The van der Waals surface area contributed by atoms with Gasteiger partial charge in [0.15, 0.2) is 0 Å². The SMILES string of the molecule is COC(=O)[C@@H]1C[C@@H]1C(=O)N1CCC(O)(Cc2cccc(C)c2)CC1. The maximum atomic E-state index is 12.4. The number of aryl methyl sites for hydroxylation is 1. The van der Waals surface area contributed by atoms with E-state index in [-0.39, 0.29) is 23.7 Å². The summed E-state index contributed by atoms with van der Waals surface area (Å²) in [5.74, 6) is -0.750. The molecule has 24 heavy (non-hydrogen) atoms. The Balaban J connectivity index is 1.54. The van der Waals surface area contributed by atoms with E-state index in [4.69, 9.17) is 4.74 Å². The first-order valence-corrected chi connectivity index (χ1v) is 8.56. The lowest BCUT2D eigenvalue weighted by Crippen LogP contribution is -2.48. The number of nitrogens with zero attached hydrogens (tertiary/aromatic N) is 1. The summed E-state index contributed by atoms with van der Waals surface area (Å²) in [6.45, 7) is 3.14. The number of hydrogen-bond acceptors (Lipinski definition) is 4. The van der Waals surface area contributed by atoms with Crippen LogP contribution in [0.1, 0.15) is 30.4 Å². The van der Waals surface area contributed by atoms with Gasteiger partial charge in [-0.1, -0.05) is 29.8 Å². The Morgan fingerprint density at radius 3 is 2.62 bits per heavy atom. The zero-order chi connectivity index (χ0) is 17.3. The molecule has 0 unspecified atom stereocenters. The largest absolute Gasteiger partial charge is 0.469 e. The molecule has 2 aliphatic rings. The summed E-state index contributed by atoms with van der Waals surface area (Å²) in [6.07, 6.45) is 2.35. The summed E-state index contributed by atoms with van der Waals surface area (Å²) in [5, 5.41) is 10.8. The molecule has 1 aliphatic heterocycles. The minimum absolute atomic E-state index is 0.0306. The molecule has 1 aromatic rings. The van der Waals surface area contributed by atoms with E-state index >= 15 is 0 Å². The van der Waals surface area contributed by atoms with Crippen LogP contribution in [0.3, 0.4) is 0 Å². The minimum atomic E-state index is -0.754. The van der Waals surface area contributed by atoms with Crippen molar-refractivity contribution in [1.82, 2.24) is 4.90 Å². The molecule has 1 aliphatic carbocycles. The highest BCUT2D eigenvalue weighted by atomic mass is 16.5. The van der Waals surface area contributed by atoms with Gasteiger partial charge >= 0.3 is 5.97 Å². The van der Waals surface area contributed by atoms with Crippen LogP contribution in [0.25, 0.3) is 0 Å². The van der Waals surface area contributed by atoms with Gasteiger partial charge in [-0.15, -0.1) is 0 Å². The van der Waals surface area contributed by atoms with E-state index in [0.29, 0.717) is 38.8 Å². The van der Waals surface area contributed by atoms with Gasteiger partial charge in [0.25, 0.3) is 0 Å². The number of aliphatic hydroxyl groups is 1. The average molecular weight is 331 g/mol. The van der Waals surface area contributed by atoms with Crippen LogP contribution in [0.15, 0.2) is 24.3 Å². The van der Waals surface area contributed by atoms with Crippen LogP contribution in [0.4, 0.5) is 0 Å². The number of hydrogen-bond donors (Lipinski definition) is 1. The lowest BCUT2D eigenvalue weighted by molar-refractivity contribution is -0.145. The second kappa shape index (κ2) is 6.55. The van der Waals surface area contributed by atoms with Crippen molar-refractivity contribution in [2.75, 3.05) is 20.2 Å². The number of carbonyl (C=O) groups excluding carboxylic acids is 2. The van der Waals surface area contributed by atoms with Gasteiger partial charge in [-0.3, -0.25) is 9.59 Å². The van der Waals surface area contributed by atoms with Crippen molar-refractivity contribution in [3.63, 3.8) is 0 Å². The van der Waals surface area contributed by atoms with Crippen molar-refractivity contribution in [2.45, 2.75) is 38.2 Å². The molecule has 2 fully saturated rings. The zero-order valence-electron chi connectivity index (χ0n) is 14.3. The summed E-state index contributed by atoms with van der Waals surface area (Å²) >= 11 is 0. The molecule has 5 heteroatoms. The van der Waals surface area contributed by atoms with Crippen molar-refractivity contribution in [1.29, 1.82) is 0 Å². The van der Waals surface area contributed by atoms with Crippen molar-refractivity contribution < 1.29 is 19.4 Å². The molecule has 5 nitrogen and oxygen atoms in total. The molecule has 1 aromatic carbocycles. The van der Waals surface area contributed by atoms with Gasteiger partial charge in [-0.2, -0.15) is 0 Å². The number of piperidine rings is 1. The normalized spacial score (nSPS) is 25.2. The van der Waals surface area contributed by atoms with E-state index in [1.807, 2.05) is 25.1 Å². The second-order valence-corrected chi connectivity index (χ2v) is 7.19. The van der Waals surface area contributed by atoms with Crippen LogP contribution in [0.2, 0.25) is 0 Å². The second-order valence-electron chi connectivity index (χ2n) is 7.19. The summed E-state index contributed by atoms with van der Waals surface area (Å²) in [6, 6.07) is 8.18. The van der Waals surface area contributed by atoms with Crippen molar-refractivity contribution in [2.24, 2.45) is 11.8 Å². The smallest absolute Gasteiger partial charge is 0.309 e. The van der Waals surface area contributed by atoms with Gasteiger partial charge in [0, 0.05) is 19.5 Å². The van der Waals surface area contributed by atoms with Gasteiger partial charge in [-0.25, -0.2) is 0 Å². The molecule has 1 saturated heterocycles. The molecule has 0 aromatic heterocycles. The van der Waals surface area contributed by atoms with Crippen LogP contribution in [0.5, 0.6) is 0 Å². The first-order valence-electron chi connectivity index (χ1n) is 8.56. The lowest BCUT2D eigenvalue weighted by atomic mass is 9.85. The number of esters is 1. The van der Waals surface area contributed by atoms with Gasteiger partial charge in [0.2, 0.25) is 5.91 Å². The van der Waals surface area contributed by atoms with Crippen LogP contribution < -0.4 is 0 Å². The van der Waals surface area contributed by atoms with E-state index in [2.05, 4.69) is 6.07 Å². The molecule has 0 spiro atoms.